The highest BCUT2D eigenvalue weighted by Crippen LogP contribution is 2.32. The molecule has 0 amide bonds. The van der Waals surface area contributed by atoms with Crippen molar-refractivity contribution in [1.29, 1.82) is 0 Å². The summed E-state index contributed by atoms with van der Waals surface area (Å²) in [7, 11) is 0. The monoisotopic (exact) mass is 579 g/mol. The Bertz CT molecular complexity index is 2340. The Kier molecular flexibility index (Phi) is 6.54. The van der Waals surface area contributed by atoms with Crippen molar-refractivity contribution in [3.05, 3.63) is 162 Å². The minimum atomic E-state index is -0.0202. The predicted octanol–water partition coefficient (Wildman–Crippen LogP) is 9.47. The molecule has 2 aromatic heterocycles. The number of hydrogen-bond donors (Lipinski definition) is 0. The Balaban J connectivity index is 1.20. The molecule has 0 radical (unpaired) electrons. The number of rotatable bonds is 5. The highest BCUT2D eigenvalue weighted by atomic mass is 16.3. The Labute approximate surface area is 259 Å². The van der Waals surface area contributed by atoms with Gasteiger partial charge in [-0.25, -0.2) is 15.0 Å². The summed E-state index contributed by atoms with van der Waals surface area (Å²) in [5.74, 6) is 1.86. The molecule has 0 fully saturated rings. The highest BCUT2D eigenvalue weighted by molar-refractivity contribution is 5.92. The Morgan fingerprint density at radius 3 is 1.42 bits per heavy atom. The average Bonchev–Trinajstić information content (AvgIpc) is 3.12. The van der Waals surface area contributed by atoms with E-state index in [0.29, 0.717) is 39.4 Å². The second kappa shape index (κ2) is 11.1. The quantitative estimate of drug-likeness (QED) is 0.190. The Hall–Kier alpha value is -6.20. The number of fused-ring (bicyclic) bond motifs is 2. The van der Waals surface area contributed by atoms with Gasteiger partial charge in [-0.1, -0.05) is 115 Å². The van der Waals surface area contributed by atoms with E-state index in [-0.39, 0.29) is 5.43 Å². The third-order valence-corrected chi connectivity index (χ3v) is 7.93. The van der Waals surface area contributed by atoms with Gasteiger partial charge in [0.05, 0.1) is 10.8 Å². The van der Waals surface area contributed by atoms with Gasteiger partial charge in [-0.3, -0.25) is 4.79 Å². The second-order valence-electron chi connectivity index (χ2n) is 10.8. The average molecular weight is 580 g/mol. The van der Waals surface area contributed by atoms with E-state index < -0.39 is 0 Å². The van der Waals surface area contributed by atoms with E-state index >= 15 is 0 Å². The fourth-order valence-corrected chi connectivity index (χ4v) is 5.63. The number of benzene rings is 6. The van der Waals surface area contributed by atoms with Crippen LogP contribution in [0.25, 0.3) is 78.4 Å². The minimum Gasteiger partial charge on any atom is -0.456 e. The zero-order chi connectivity index (χ0) is 30.2. The molecule has 0 N–H and O–H groups in total. The maximum absolute atomic E-state index is 13.1. The van der Waals surface area contributed by atoms with Gasteiger partial charge in [0.1, 0.15) is 11.2 Å². The molecule has 8 rings (SSSR count). The minimum absolute atomic E-state index is 0.0202. The van der Waals surface area contributed by atoms with Crippen LogP contribution < -0.4 is 5.43 Å². The maximum atomic E-state index is 13.1. The lowest BCUT2D eigenvalue weighted by atomic mass is 9.97. The normalized spacial score (nSPS) is 11.2. The summed E-state index contributed by atoms with van der Waals surface area (Å²) >= 11 is 0. The van der Waals surface area contributed by atoms with E-state index in [1.807, 2.05) is 115 Å². The smallest absolute Gasteiger partial charge is 0.200 e. The van der Waals surface area contributed by atoms with Gasteiger partial charge in [0, 0.05) is 16.7 Å². The molecule has 45 heavy (non-hydrogen) atoms. The SMILES string of the molecule is O=c1c2ccccc2oc2cc(-c3cccc(-c4cccc(-c5nc(-c6ccccc6)nc(-c6ccccc6)n5)c4)c3)ccc12. The lowest BCUT2D eigenvalue weighted by molar-refractivity contribution is 0.660. The van der Waals surface area contributed by atoms with Crippen molar-refractivity contribution < 1.29 is 4.42 Å². The van der Waals surface area contributed by atoms with E-state index in [0.717, 1.165) is 38.9 Å². The van der Waals surface area contributed by atoms with Crippen molar-refractivity contribution in [3.63, 3.8) is 0 Å². The molecule has 0 aliphatic rings. The van der Waals surface area contributed by atoms with Crippen LogP contribution in [0.2, 0.25) is 0 Å². The van der Waals surface area contributed by atoms with Crippen LogP contribution in [0, 0.1) is 0 Å². The molecule has 5 nitrogen and oxygen atoms in total. The number of nitrogens with zero attached hydrogens (tertiary/aromatic N) is 3. The van der Waals surface area contributed by atoms with Gasteiger partial charge < -0.3 is 4.42 Å². The van der Waals surface area contributed by atoms with E-state index in [9.17, 15) is 4.79 Å². The molecule has 0 bridgehead atoms. The van der Waals surface area contributed by atoms with Gasteiger partial charge in [-0.2, -0.15) is 0 Å². The van der Waals surface area contributed by atoms with Crippen LogP contribution in [0.3, 0.4) is 0 Å². The first-order chi connectivity index (χ1) is 22.2. The van der Waals surface area contributed by atoms with Gasteiger partial charge in [-0.15, -0.1) is 0 Å². The summed E-state index contributed by atoms with van der Waals surface area (Å²) in [6, 6.07) is 49.7. The molecule has 0 unspecified atom stereocenters. The van der Waals surface area contributed by atoms with Gasteiger partial charge in [-0.05, 0) is 58.7 Å². The lowest BCUT2D eigenvalue weighted by Gasteiger charge is -2.10. The molecule has 0 atom stereocenters. The molecule has 5 heteroatoms. The summed E-state index contributed by atoms with van der Waals surface area (Å²) in [5, 5.41) is 1.16. The third-order valence-electron chi connectivity index (χ3n) is 7.93. The van der Waals surface area contributed by atoms with Crippen LogP contribution in [0.15, 0.2) is 161 Å². The van der Waals surface area contributed by atoms with Crippen molar-refractivity contribution >= 4 is 21.9 Å². The predicted molar refractivity (Wildman–Crippen MR) is 181 cm³/mol. The van der Waals surface area contributed by atoms with Crippen LogP contribution in [0.4, 0.5) is 0 Å². The van der Waals surface area contributed by atoms with Gasteiger partial charge in [0.15, 0.2) is 17.5 Å². The second-order valence-corrected chi connectivity index (χ2v) is 10.8. The van der Waals surface area contributed by atoms with Crippen LogP contribution in [-0.4, -0.2) is 15.0 Å². The van der Waals surface area contributed by atoms with Crippen molar-refractivity contribution in [3.8, 4) is 56.4 Å². The van der Waals surface area contributed by atoms with Crippen LogP contribution in [-0.2, 0) is 0 Å². The van der Waals surface area contributed by atoms with E-state index in [1.54, 1.807) is 6.07 Å². The van der Waals surface area contributed by atoms with Crippen LogP contribution in [0.5, 0.6) is 0 Å². The highest BCUT2D eigenvalue weighted by Gasteiger charge is 2.14. The Morgan fingerprint density at radius 2 is 0.800 bits per heavy atom. The first-order valence-corrected chi connectivity index (χ1v) is 14.7. The summed E-state index contributed by atoms with van der Waals surface area (Å²) in [6.45, 7) is 0. The van der Waals surface area contributed by atoms with Crippen LogP contribution >= 0.6 is 0 Å². The third kappa shape index (κ3) is 5.07. The standard InChI is InChI=1S/C40H25N3O2/c44-37-33-19-7-8-20-35(33)45-36-25-31(21-22-34(36)37)29-16-9-15-28(23-29)30-17-10-18-32(24-30)40-42-38(26-11-3-1-4-12-26)41-39(43-40)27-13-5-2-6-14-27/h1-25H. The van der Waals surface area contributed by atoms with E-state index in [4.69, 9.17) is 19.4 Å². The number of para-hydroxylation sites is 1. The van der Waals surface area contributed by atoms with E-state index in [1.165, 1.54) is 0 Å². The maximum Gasteiger partial charge on any atom is 0.200 e. The molecule has 0 aliphatic carbocycles. The molecule has 0 aliphatic heterocycles. The lowest BCUT2D eigenvalue weighted by Crippen LogP contribution is -2.01. The van der Waals surface area contributed by atoms with Gasteiger partial charge >= 0.3 is 0 Å². The summed E-state index contributed by atoms with van der Waals surface area (Å²) in [6.07, 6.45) is 0. The fourth-order valence-electron chi connectivity index (χ4n) is 5.63. The molecular formula is C40H25N3O2. The van der Waals surface area contributed by atoms with Crippen LogP contribution in [0.1, 0.15) is 0 Å². The van der Waals surface area contributed by atoms with Crippen molar-refractivity contribution in [1.82, 2.24) is 15.0 Å². The first-order valence-electron chi connectivity index (χ1n) is 14.7. The number of hydrogen-bond acceptors (Lipinski definition) is 5. The molecule has 0 saturated carbocycles. The van der Waals surface area contributed by atoms with Gasteiger partial charge in [0.25, 0.3) is 0 Å². The molecule has 0 spiro atoms. The zero-order valence-corrected chi connectivity index (χ0v) is 24.1. The number of aromatic nitrogens is 3. The van der Waals surface area contributed by atoms with Crippen molar-refractivity contribution in [2.75, 3.05) is 0 Å². The summed E-state index contributed by atoms with van der Waals surface area (Å²) in [4.78, 5) is 27.7. The summed E-state index contributed by atoms with van der Waals surface area (Å²) < 4.78 is 6.13. The van der Waals surface area contributed by atoms with Gasteiger partial charge in [0.2, 0.25) is 5.43 Å². The van der Waals surface area contributed by atoms with Crippen molar-refractivity contribution in [2.24, 2.45) is 0 Å². The molecular weight excluding hydrogens is 554 g/mol. The summed E-state index contributed by atoms with van der Waals surface area (Å²) in [5.41, 5.74) is 7.98. The largest absolute Gasteiger partial charge is 0.456 e. The molecule has 8 aromatic rings. The van der Waals surface area contributed by atoms with Crippen molar-refractivity contribution in [2.45, 2.75) is 0 Å². The zero-order valence-electron chi connectivity index (χ0n) is 24.1. The van der Waals surface area contributed by atoms with E-state index in [2.05, 4.69) is 30.3 Å². The molecule has 0 saturated heterocycles. The molecule has 2 heterocycles. The topological polar surface area (TPSA) is 68.9 Å². The fraction of sp³-hybridized carbons (Fsp3) is 0. The molecule has 212 valence electrons. The Morgan fingerprint density at radius 1 is 0.356 bits per heavy atom. The first kappa shape index (κ1) is 26.4. The molecule has 6 aromatic carbocycles.